The molecule has 0 aliphatic heterocycles. The summed E-state index contributed by atoms with van der Waals surface area (Å²) in [7, 11) is 0. The third-order valence-corrected chi connectivity index (χ3v) is 3.25. The van der Waals surface area contributed by atoms with Gasteiger partial charge in [0, 0.05) is 11.9 Å². The Morgan fingerprint density at radius 2 is 2.14 bits per heavy atom. The second-order valence-corrected chi connectivity index (χ2v) is 4.90. The largest absolute Gasteiger partial charge is 0.506 e. The molecule has 1 heterocycles. The van der Waals surface area contributed by atoms with Gasteiger partial charge in [0.2, 0.25) is 0 Å². The van der Waals surface area contributed by atoms with E-state index in [1.807, 2.05) is 13.0 Å². The molecule has 110 valence electrons. The van der Waals surface area contributed by atoms with Crippen LogP contribution in [-0.4, -0.2) is 20.5 Å². The van der Waals surface area contributed by atoms with Gasteiger partial charge in [-0.25, -0.2) is 0 Å². The van der Waals surface area contributed by atoms with Crippen molar-refractivity contribution in [3.63, 3.8) is 0 Å². The number of nitrogens with zero attached hydrogens (tertiary/aromatic N) is 2. The van der Waals surface area contributed by atoms with Crippen molar-refractivity contribution in [3.8, 4) is 5.75 Å². The molecule has 0 saturated heterocycles. The highest BCUT2D eigenvalue weighted by molar-refractivity contribution is 7.80. The van der Waals surface area contributed by atoms with Crippen LogP contribution in [0.2, 0.25) is 0 Å². The number of aromatic hydroxyl groups is 1. The summed E-state index contributed by atoms with van der Waals surface area (Å²) >= 11 is 4.67. The van der Waals surface area contributed by atoms with E-state index in [2.05, 4.69) is 22.7 Å². The lowest BCUT2D eigenvalue weighted by Gasteiger charge is -2.13. The Hall–Kier alpha value is -2.41. The smallest absolute Gasteiger partial charge is 0.263 e. The van der Waals surface area contributed by atoms with E-state index in [1.165, 1.54) is 0 Å². The normalized spacial score (nSPS) is 11.6. The fraction of sp³-hybridized carbons (Fsp3) is 0.214. The van der Waals surface area contributed by atoms with Crippen LogP contribution >= 0.6 is 12.2 Å². The zero-order valence-corrected chi connectivity index (χ0v) is 12.6. The molecule has 2 aromatic rings. The van der Waals surface area contributed by atoms with E-state index < -0.39 is 0 Å². The number of rotatable bonds is 3. The van der Waals surface area contributed by atoms with Crippen LogP contribution < -0.4 is 16.7 Å². The highest BCUT2D eigenvalue weighted by Gasteiger charge is 2.17. The van der Waals surface area contributed by atoms with Gasteiger partial charge < -0.3 is 15.4 Å². The van der Waals surface area contributed by atoms with Crippen molar-refractivity contribution in [3.05, 3.63) is 40.2 Å². The number of nitrogens with two attached hydrogens (primary N) is 1. The minimum Gasteiger partial charge on any atom is -0.506 e. The number of pyridine rings is 1. The van der Waals surface area contributed by atoms with Gasteiger partial charge in [-0.2, -0.15) is 5.10 Å². The molecule has 7 heteroatoms. The molecule has 0 atom stereocenters. The molecule has 0 radical (unpaired) electrons. The molecule has 0 spiro atoms. The van der Waals surface area contributed by atoms with Crippen molar-refractivity contribution < 1.29 is 5.11 Å². The second kappa shape index (κ2) is 5.92. The lowest BCUT2D eigenvalue weighted by atomic mass is 10.1. The standard InChI is InChI=1S/C14H16N4O2S/c1-3-18-10-7-5-4-6-9(10)12(19)11(13(18)20)8(2)16-17-14(15)21/h4-7,19H,3H2,1-2H3,(H3,15,17,21). The van der Waals surface area contributed by atoms with Gasteiger partial charge in [0.1, 0.15) is 11.3 Å². The van der Waals surface area contributed by atoms with Crippen molar-refractivity contribution in [1.82, 2.24) is 9.99 Å². The number of thiocarbonyl (C=S) groups is 1. The van der Waals surface area contributed by atoms with Crippen LogP contribution in [-0.2, 0) is 6.54 Å². The van der Waals surface area contributed by atoms with E-state index in [0.29, 0.717) is 23.2 Å². The van der Waals surface area contributed by atoms with Gasteiger partial charge in [0.05, 0.1) is 11.2 Å². The van der Waals surface area contributed by atoms with Crippen LogP contribution in [0.1, 0.15) is 19.4 Å². The molecule has 0 saturated carbocycles. The van der Waals surface area contributed by atoms with E-state index in [4.69, 9.17) is 5.73 Å². The predicted molar refractivity (Wildman–Crippen MR) is 87.7 cm³/mol. The molecule has 1 aromatic carbocycles. The average molecular weight is 304 g/mol. The summed E-state index contributed by atoms with van der Waals surface area (Å²) in [6.45, 7) is 3.97. The summed E-state index contributed by atoms with van der Waals surface area (Å²) in [5, 5.41) is 14.9. The number of hydrazone groups is 1. The van der Waals surface area contributed by atoms with Gasteiger partial charge in [0.15, 0.2) is 5.11 Å². The first-order chi connectivity index (χ1) is 9.97. The number of aryl methyl sites for hydroxylation is 1. The van der Waals surface area contributed by atoms with Crippen molar-refractivity contribution in [2.75, 3.05) is 0 Å². The summed E-state index contributed by atoms with van der Waals surface area (Å²) < 4.78 is 1.59. The zero-order chi connectivity index (χ0) is 15.6. The average Bonchev–Trinajstić information content (AvgIpc) is 2.46. The molecule has 21 heavy (non-hydrogen) atoms. The quantitative estimate of drug-likeness (QED) is 0.451. The molecule has 0 fully saturated rings. The molecule has 1 aromatic heterocycles. The molecule has 4 N–H and O–H groups in total. The van der Waals surface area contributed by atoms with Crippen molar-refractivity contribution >= 4 is 33.9 Å². The molecule has 0 amide bonds. The number of nitrogens with one attached hydrogen (secondary N) is 1. The summed E-state index contributed by atoms with van der Waals surface area (Å²) in [5.41, 5.74) is 8.56. The van der Waals surface area contributed by atoms with Crippen molar-refractivity contribution in [2.24, 2.45) is 10.8 Å². The minimum atomic E-state index is -0.306. The van der Waals surface area contributed by atoms with Gasteiger partial charge >= 0.3 is 0 Å². The van der Waals surface area contributed by atoms with Crippen LogP contribution in [0.15, 0.2) is 34.2 Å². The number of fused-ring (bicyclic) bond motifs is 1. The molecule has 0 aliphatic rings. The lowest BCUT2D eigenvalue weighted by Crippen LogP contribution is -2.29. The Balaban J connectivity index is 2.78. The van der Waals surface area contributed by atoms with E-state index in [-0.39, 0.29) is 22.0 Å². The molecular weight excluding hydrogens is 288 g/mol. The molecule has 0 bridgehead atoms. The van der Waals surface area contributed by atoms with E-state index in [0.717, 1.165) is 0 Å². The Labute approximate surface area is 126 Å². The minimum absolute atomic E-state index is 0.00885. The number of benzene rings is 1. The van der Waals surface area contributed by atoms with Crippen LogP contribution in [0.25, 0.3) is 10.9 Å². The highest BCUT2D eigenvalue weighted by Crippen LogP contribution is 2.26. The van der Waals surface area contributed by atoms with Crippen LogP contribution in [0.3, 0.4) is 0 Å². The van der Waals surface area contributed by atoms with Gasteiger partial charge in [-0.05, 0) is 38.2 Å². The second-order valence-electron chi connectivity index (χ2n) is 4.46. The first-order valence-electron chi connectivity index (χ1n) is 6.42. The molecule has 6 nitrogen and oxygen atoms in total. The fourth-order valence-corrected chi connectivity index (χ4v) is 2.27. The monoisotopic (exact) mass is 304 g/mol. The molecule has 0 unspecified atom stereocenters. The third kappa shape index (κ3) is 2.73. The van der Waals surface area contributed by atoms with Gasteiger partial charge in [-0.1, -0.05) is 12.1 Å². The van der Waals surface area contributed by atoms with E-state index in [9.17, 15) is 9.90 Å². The summed E-state index contributed by atoms with van der Waals surface area (Å²) in [6.07, 6.45) is 0. The highest BCUT2D eigenvalue weighted by atomic mass is 32.1. The van der Waals surface area contributed by atoms with Crippen LogP contribution in [0, 0.1) is 0 Å². The fourth-order valence-electron chi connectivity index (χ4n) is 2.22. The number of hydrogen-bond donors (Lipinski definition) is 3. The van der Waals surface area contributed by atoms with Crippen molar-refractivity contribution in [1.29, 1.82) is 0 Å². The Kier molecular flexibility index (Phi) is 4.23. The topological polar surface area (TPSA) is 92.6 Å². The molecular formula is C14H16N4O2S. The van der Waals surface area contributed by atoms with E-state index in [1.54, 1.807) is 29.7 Å². The predicted octanol–water partition coefficient (Wildman–Crippen LogP) is 1.28. The SMILES string of the molecule is CCn1c(=O)c(C(C)=NNC(N)=S)c(O)c2ccccc21. The molecule has 2 rings (SSSR count). The summed E-state index contributed by atoms with van der Waals surface area (Å²) in [5.74, 6) is -0.0914. The molecule has 0 aliphatic carbocycles. The first-order valence-corrected chi connectivity index (χ1v) is 6.82. The maximum absolute atomic E-state index is 12.6. The number of hydrogen-bond acceptors (Lipinski definition) is 4. The number of aromatic nitrogens is 1. The third-order valence-electron chi connectivity index (χ3n) is 3.16. The van der Waals surface area contributed by atoms with Crippen LogP contribution in [0.5, 0.6) is 5.75 Å². The number of para-hydroxylation sites is 1. The Bertz CT molecular complexity index is 795. The van der Waals surface area contributed by atoms with Gasteiger partial charge in [-0.3, -0.25) is 10.2 Å². The Morgan fingerprint density at radius 3 is 2.76 bits per heavy atom. The van der Waals surface area contributed by atoms with Crippen molar-refractivity contribution in [2.45, 2.75) is 20.4 Å². The maximum atomic E-state index is 12.6. The lowest BCUT2D eigenvalue weighted by molar-refractivity contribution is 0.477. The summed E-state index contributed by atoms with van der Waals surface area (Å²) in [6, 6.07) is 7.18. The Morgan fingerprint density at radius 1 is 1.48 bits per heavy atom. The van der Waals surface area contributed by atoms with Crippen LogP contribution in [0.4, 0.5) is 0 Å². The van der Waals surface area contributed by atoms with Gasteiger partial charge in [-0.15, -0.1) is 0 Å². The maximum Gasteiger partial charge on any atom is 0.263 e. The van der Waals surface area contributed by atoms with E-state index >= 15 is 0 Å². The first kappa shape index (κ1) is 15.0. The summed E-state index contributed by atoms with van der Waals surface area (Å²) in [4.78, 5) is 12.6. The zero-order valence-electron chi connectivity index (χ0n) is 11.8. The van der Waals surface area contributed by atoms with Gasteiger partial charge in [0.25, 0.3) is 5.56 Å².